The summed E-state index contributed by atoms with van der Waals surface area (Å²) < 4.78 is 0. The number of hydrogen-bond donors (Lipinski definition) is 0. The van der Waals surface area contributed by atoms with E-state index >= 15 is 0 Å². The van der Waals surface area contributed by atoms with Crippen molar-refractivity contribution in [3.63, 3.8) is 0 Å². The van der Waals surface area contributed by atoms with Crippen molar-refractivity contribution in [2.24, 2.45) is 0 Å². The molecule has 1 unspecified atom stereocenters. The van der Waals surface area contributed by atoms with Crippen LogP contribution in [0.25, 0.3) is 0 Å². The fourth-order valence-electron chi connectivity index (χ4n) is 5.30. The highest BCUT2D eigenvalue weighted by molar-refractivity contribution is 4.69. The predicted molar refractivity (Wildman–Crippen MR) is 156 cm³/mol. The number of unbranched alkanes of at least 4 members (excludes halogenated alkanes) is 24. The topological polar surface area (TPSA) is 26.3 Å². The van der Waals surface area contributed by atoms with Crippen molar-refractivity contribution in [2.75, 3.05) is 7.05 Å². The minimum Gasteiger partial charge on any atom is -0.785 e. The predicted octanol–water partition coefficient (Wildman–Crippen LogP) is 11.7. The van der Waals surface area contributed by atoms with E-state index in [0.29, 0.717) is 0 Å². The molecule has 0 N–H and O–H groups in total. The summed E-state index contributed by atoms with van der Waals surface area (Å²) in [7, 11) is 1.74. The summed E-state index contributed by atoms with van der Waals surface area (Å²) in [4.78, 5) is 0. The molecule has 206 valence electrons. The van der Waals surface area contributed by atoms with E-state index in [9.17, 15) is 5.21 Å². The molecule has 0 spiro atoms. The van der Waals surface area contributed by atoms with Crippen LogP contribution in [0.3, 0.4) is 0 Å². The highest BCUT2D eigenvalue weighted by Crippen LogP contribution is 2.18. The quantitative estimate of drug-likeness (QED) is 0.0785. The molecule has 0 aromatic rings. The van der Waals surface area contributed by atoms with Crippen molar-refractivity contribution in [2.45, 2.75) is 200 Å². The molecule has 2 nitrogen and oxygen atoms in total. The van der Waals surface area contributed by atoms with Crippen LogP contribution in [0.1, 0.15) is 194 Å². The van der Waals surface area contributed by atoms with Crippen LogP contribution in [0.4, 0.5) is 0 Å². The Labute approximate surface area is 217 Å². The van der Waals surface area contributed by atoms with Crippen molar-refractivity contribution in [1.82, 2.24) is 5.06 Å². The van der Waals surface area contributed by atoms with Gasteiger partial charge in [0, 0.05) is 0 Å². The molecule has 0 bridgehead atoms. The molecule has 0 aromatic carbocycles. The lowest BCUT2D eigenvalue weighted by molar-refractivity contribution is 0.280. The largest absolute Gasteiger partial charge is 0.785 e. The molecular formula is C32H66NO-. The molecule has 0 aliphatic heterocycles. The highest BCUT2D eigenvalue weighted by atomic mass is 16.5. The van der Waals surface area contributed by atoms with E-state index in [2.05, 4.69) is 13.8 Å². The van der Waals surface area contributed by atoms with Gasteiger partial charge in [-0.1, -0.05) is 181 Å². The van der Waals surface area contributed by atoms with Gasteiger partial charge in [-0.2, -0.15) is 0 Å². The molecule has 0 fully saturated rings. The van der Waals surface area contributed by atoms with Gasteiger partial charge in [0.1, 0.15) is 0 Å². The van der Waals surface area contributed by atoms with Gasteiger partial charge >= 0.3 is 0 Å². The number of rotatable bonds is 29. The maximum Gasteiger partial charge on any atom is -0.00282 e. The summed E-state index contributed by atoms with van der Waals surface area (Å²) in [6, 6.07) is 0.265. The van der Waals surface area contributed by atoms with E-state index in [-0.39, 0.29) is 6.04 Å². The molecule has 34 heavy (non-hydrogen) atoms. The van der Waals surface area contributed by atoms with Crippen molar-refractivity contribution < 1.29 is 0 Å². The summed E-state index contributed by atoms with van der Waals surface area (Å²) in [5.41, 5.74) is 0. The Balaban J connectivity index is 3.36. The Bertz CT molecular complexity index is 357. The van der Waals surface area contributed by atoms with Crippen molar-refractivity contribution >= 4 is 0 Å². The maximum atomic E-state index is 11.9. The standard InChI is InChI=1S/C32H66NO/c1-4-6-8-10-12-14-15-16-17-18-19-20-21-23-25-27-29-31-32(33(3)34)30-28-26-24-22-13-11-9-7-5-2/h32H,4-31H2,1-3H3/q-1. The number of nitrogens with zero attached hydrogens (tertiary/aromatic N) is 1. The van der Waals surface area contributed by atoms with Gasteiger partial charge in [-0.15, -0.1) is 0 Å². The molecule has 0 heterocycles. The van der Waals surface area contributed by atoms with E-state index in [1.807, 2.05) is 0 Å². The lowest BCUT2D eigenvalue weighted by Crippen LogP contribution is -2.26. The van der Waals surface area contributed by atoms with E-state index in [1.165, 1.54) is 172 Å². The first-order valence-corrected chi connectivity index (χ1v) is 16.1. The third kappa shape index (κ3) is 26.5. The van der Waals surface area contributed by atoms with Gasteiger partial charge < -0.3 is 10.3 Å². The van der Waals surface area contributed by atoms with E-state index in [1.54, 1.807) is 7.05 Å². The van der Waals surface area contributed by atoms with Crippen LogP contribution in [-0.2, 0) is 0 Å². The molecule has 0 aliphatic carbocycles. The van der Waals surface area contributed by atoms with Gasteiger partial charge in [0.05, 0.1) is 0 Å². The van der Waals surface area contributed by atoms with Crippen molar-refractivity contribution in [3.05, 3.63) is 5.21 Å². The van der Waals surface area contributed by atoms with Crippen LogP contribution in [0, 0.1) is 5.21 Å². The normalized spacial score (nSPS) is 12.6. The van der Waals surface area contributed by atoms with Gasteiger partial charge in [0.2, 0.25) is 0 Å². The Kier molecular flexibility index (Phi) is 29.1. The Morgan fingerprint density at radius 2 is 0.588 bits per heavy atom. The second kappa shape index (κ2) is 29.2. The first-order chi connectivity index (χ1) is 16.7. The summed E-state index contributed by atoms with van der Waals surface area (Å²) >= 11 is 0. The zero-order valence-corrected chi connectivity index (χ0v) is 24.2. The zero-order valence-electron chi connectivity index (χ0n) is 24.2. The van der Waals surface area contributed by atoms with Gasteiger partial charge in [-0.25, -0.2) is 0 Å². The summed E-state index contributed by atoms with van der Waals surface area (Å²) in [5.74, 6) is 0. The van der Waals surface area contributed by atoms with Crippen LogP contribution < -0.4 is 0 Å². The van der Waals surface area contributed by atoms with Gasteiger partial charge in [-0.3, -0.25) is 0 Å². The average molecular weight is 481 g/mol. The molecule has 0 saturated heterocycles. The van der Waals surface area contributed by atoms with Crippen LogP contribution in [0.2, 0.25) is 0 Å². The molecule has 0 radical (unpaired) electrons. The van der Waals surface area contributed by atoms with E-state index < -0.39 is 0 Å². The maximum absolute atomic E-state index is 11.9. The SMILES string of the molecule is CCCCCCCCCCCCCCCCCCCC(CCCCCCCCCCC)N(C)[O-]. The Morgan fingerprint density at radius 1 is 0.382 bits per heavy atom. The Hall–Kier alpha value is -0.0800. The first-order valence-electron chi connectivity index (χ1n) is 16.1. The molecule has 0 rings (SSSR count). The smallest absolute Gasteiger partial charge is 0.00282 e. The minimum atomic E-state index is 0.265. The van der Waals surface area contributed by atoms with Crippen LogP contribution in [-0.4, -0.2) is 18.2 Å². The first kappa shape index (κ1) is 33.9. The monoisotopic (exact) mass is 481 g/mol. The summed E-state index contributed by atoms with van der Waals surface area (Å²) in [6.45, 7) is 4.58. The molecule has 2 heteroatoms. The molecular weight excluding hydrogens is 414 g/mol. The van der Waals surface area contributed by atoms with Gasteiger partial charge in [-0.05, 0) is 25.9 Å². The van der Waals surface area contributed by atoms with Crippen molar-refractivity contribution in [3.8, 4) is 0 Å². The fraction of sp³-hybridized carbons (Fsp3) is 1.00. The van der Waals surface area contributed by atoms with Gasteiger partial charge in [0.15, 0.2) is 0 Å². The molecule has 0 aromatic heterocycles. The van der Waals surface area contributed by atoms with E-state index in [4.69, 9.17) is 0 Å². The van der Waals surface area contributed by atoms with Crippen LogP contribution >= 0.6 is 0 Å². The molecule has 0 saturated carbocycles. The number of hydrogen-bond acceptors (Lipinski definition) is 2. The molecule has 0 aliphatic rings. The third-order valence-corrected chi connectivity index (χ3v) is 7.80. The van der Waals surface area contributed by atoms with Gasteiger partial charge in [0.25, 0.3) is 0 Å². The second-order valence-electron chi connectivity index (χ2n) is 11.3. The van der Waals surface area contributed by atoms with Crippen LogP contribution in [0.5, 0.6) is 0 Å². The summed E-state index contributed by atoms with van der Waals surface area (Å²) in [6.07, 6.45) is 38.6. The fourth-order valence-corrected chi connectivity index (χ4v) is 5.30. The van der Waals surface area contributed by atoms with Crippen molar-refractivity contribution in [1.29, 1.82) is 0 Å². The van der Waals surface area contributed by atoms with E-state index in [0.717, 1.165) is 12.8 Å². The average Bonchev–Trinajstić information content (AvgIpc) is 2.83. The Morgan fingerprint density at radius 3 is 0.794 bits per heavy atom. The highest BCUT2D eigenvalue weighted by Gasteiger charge is 2.07. The number of hydroxylamine groups is 2. The molecule has 0 amide bonds. The lowest BCUT2D eigenvalue weighted by Gasteiger charge is -2.33. The second-order valence-corrected chi connectivity index (χ2v) is 11.3. The minimum absolute atomic E-state index is 0.265. The lowest BCUT2D eigenvalue weighted by atomic mass is 9.99. The summed E-state index contributed by atoms with van der Waals surface area (Å²) in [5, 5.41) is 13.2. The van der Waals surface area contributed by atoms with Crippen LogP contribution in [0.15, 0.2) is 0 Å². The molecule has 1 atom stereocenters. The zero-order chi connectivity index (χ0) is 25.0. The third-order valence-electron chi connectivity index (χ3n) is 7.80.